The van der Waals surface area contributed by atoms with Crippen LogP contribution in [-0.4, -0.2) is 85.3 Å². The van der Waals surface area contributed by atoms with E-state index in [-0.39, 0.29) is 13.2 Å². The van der Waals surface area contributed by atoms with Crippen LogP contribution in [-0.2, 0) is 19.7 Å². The third kappa shape index (κ3) is 6.31. The standard InChI is InChI=1S/C30H41N3O7Si/c1-20-19-33(28(37)31-27(20)36)30(41(21-13-9-7-10-14-21)22-15-11-8-12-16-22)26(38-17-18-39-32(5)6)23(34)24(40-30)25(35)29(2,3)4/h7-16,19,23-26,34-35,41H,17-18H2,1-6H3,(H,31,36,37)/t23-,24+,25?,26-,30+/m1/s1. The molecule has 0 radical (unpaired) electrons. The van der Waals surface area contributed by atoms with Gasteiger partial charge >= 0.3 is 5.69 Å². The van der Waals surface area contributed by atoms with E-state index in [1.54, 1.807) is 26.1 Å². The van der Waals surface area contributed by atoms with Crippen LogP contribution in [0.15, 0.2) is 76.4 Å². The first-order chi connectivity index (χ1) is 19.4. The van der Waals surface area contributed by atoms with Crippen LogP contribution in [0.25, 0.3) is 0 Å². The highest BCUT2D eigenvalue weighted by Crippen LogP contribution is 2.43. The molecule has 1 saturated heterocycles. The number of aromatic nitrogens is 2. The van der Waals surface area contributed by atoms with Gasteiger partial charge in [0.15, 0.2) is 14.1 Å². The molecule has 1 unspecified atom stereocenters. The average Bonchev–Trinajstić information content (AvgIpc) is 3.21. The summed E-state index contributed by atoms with van der Waals surface area (Å²) in [5.74, 6) is 0. The normalized spacial score (nSPS) is 23.8. The van der Waals surface area contributed by atoms with Crippen molar-refractivity contribution in [2.75, 3.05) is 27.3 Å². The van der Waals surface area contributed by atoms with Crippen molar-refractivity contribution in [1.29, 1.82) is 0 Å². The molecule has 0 aliphatic carbocycles. The third-order valence-electron chi connectivity index (χ3n) is 7.48. The number of nitrogens with zero attached hydrogens (tertiary/aromatic N) is 2. The molecule has 0 spiro atoms. The molecule has 11 heteroatoms. The molecule has 3 N–H and O–H groups in total. The van der Waals surface area contributed by atoms with Gasteiger partial charge in [-0.05, 0) is 12.3 Å². The van der Waals surface area contributed by atoms with Gasteiger partial charge in [-0.2, -0.15) is 5.06 Å². The summed E-state index contributed by atoms with van der Waals surface area (Å²) in [6.07, 6.45) is -3.15. The molecular formula is C30H41N3O7Si. The maximum atomic E-state index is 13.7. The van der Waals surface area contributed by atoms with E-state index in [9.17, 15) is 19.8 Å². The predicted molar refractivity (Wildman–Crippen MR) is 159 cm³/mol. The van der Waals surface area contributed by atoms with Crippen molar-refractivity contribution >= 4 is 19.2 Å². The minimum absolute atomic E-state index is 0.0745. The molecule has 41 heavy (non-hydrogen) atoms. The summed E-state index contributed by atoms with van der Waals surface area (Å²) in [7, 11) is 0.748. The van der Waals surface area contributed by atoms with Crippen molar-refractivity contribution in [2.45, 2.75) is 57.5 Å². The highest BCUT2D eigenvalue weighted by Gasteiger charge is 2.64. The van der Waals surface area contributed by atoms with E-state index < -0.39 is 55.2 Å². The summed E-state index contributed by atoms with van der Waals surface area (Å²) in [6, 6.07) is 19.4. The van der Waals surface area contributed by atoms with E-state index in [2.05, 4.69) is 4.98 Å². The van der Waals surface area contributed by atoms with E-state index >= 15 is 0 Å². The lowest BCUT2D eigenvalue weighted by Gasteiger charge is -2.42. The summed E-state index contributed by atoms with van der Waals surface area (Å²) in [5.41, 5.74) is -1.57. The zero-order valence-corrected chi connectivity index (χ0v) is 25.6. The topological polar surface area (TPSA) is 126 Å². The highest BCUT2D eigenvalue weighted by atomic mass is 28.3. The molecule has 222 valence electrons. The Labute approximate surface area is 241 Å². The van der Waals surface area contributed by atoms with E-state index in [1.165, 1.54) is 10.8 Å². The van der Waals surface area contributed by atoms with Gasteiger partial charge in [0.05, 0.1) is 19.3 Å². The van der Waals surface area contributed by atoms with Crippen molar-refractivity contribution in [3.05, 3.63) is 93.3 Å². The first-order valence-electron chi connectivity index (χ1n) is 13.8. The number of hydrogen-bond donors (Lipinski definition) is 3. The number of nitrogens with one attached hydrogen (secondary N) is 1. The van der Waals surface area contributed by atoms with Crippen molar-refractivity contribution < 1.29 is 24.5 Å². The van der Waals surface area contributed by atoms with Crippen LogP contribution in [0, 0.1) is 12.3 Å². The predicted octanol–water partition coefficient (Wildman–Crippen LogP) is 0.124. The van der Waals surface area contributed by atoms with Gasteiger partial charge in [0.2, 0.25) is 0 Å². The second-order valence-corrected chi connectivity index (χ2v) is 14.8. The number of hydroxylamine groups is 2. The summed E-state index contributed by atoms with van der Waals surface area (Å²) < 4.78 is 14.7. The Morgan fingerprint density at radius 2 is 1.61 bits per heavy atom. The SMILES string of the molecule is Cc1cn([C@]2([SiH](c3ccccc3)c3ccccc3)O[C@H](C(O)C(C)(C)C)[C@@H](O)[C@H]2OCCON(C)C)c(=O)[nH]c1=O. The Bertz CT molecular complexity index is 1370. The fourth-order valence-corrected chi connectivity index (χ4v) is 9.42. The first kappa shape index (κ1) is 31.0. The quantitative estimate of drug-likeness (QED) is 0.175. The van der Waals surface area contributed by atoms with Crippen LogP contribution in [0.4, 0.5) is 0 Å². The van der Waals surface area contributed by atoms with Crippen LogP contribution in [0.5, 0.6) is 0 Å². The number of rotatable bonds is 10. The Balaban J connectivity index is 2.04. The smallest absolute Gasteiger partial charge is 0.330 e. The zero-order chi connectivity index (χ0) is 29.9. The number of aliphatic hydroxyl groups is 2. The molecule has 10 nitrogen and oxygen atoms in total. The van der Waals surface area contributed by atoms with Gasteiger partial charge in [0, 0.05) is 25.9 Å². The first-order valence-corrected chi connectivity index (χ1v) is 15.5. The molecule has 2 heterocycles. The second-order valence-electron chi connectivity index (χ2n) is 11.8. The van der Waals surface area contributed by atoms with E-state index in [4.69, 9.17) is 14.3 Å². The minimum atomic E-state index is -2.76. The van der Waals surface area contributed by atoms with Crippen molar-refractivity contribution in [2.24, 2.45) is 5.41 Å². The molecule has 1 aromatic heterocycles. The van der Waals surface area contributed by atoms with Crippen LogP contribution >= 0.6 is 0 Å². The summed E-state index contributed by atoms with van der Waals surface area (Å²) in [5, 5.41) is 25.2. The molecule has 0 saturated carbocycles. The summed E-state index contributed by atoms with van der Waals surface area (Å²) in [4.78, 5) is 34.2. The number of benzene rings is 2. The van der Waals surface area contributed by atoms with Gasteiger partial charge in [-0.15, -0.1) is 0 Å². The lowest BCUT2D eigenvalue weighted by Crippen LogP contribution is -2.69. The van der Waals surface area contributed by atoms with Crippen molar-refractivity contribution in [3.8, 4) is 0 Å². The monoisotopic (exact) mass is 583 g/mol. The number of H-pyrrole nitrogens is 1. The molecule has 1 aliphatic rings. The van der Waals surface area contributed by atoms with Crippen LogP contribution < -0.4 is 21.6 Å². The number of hydrogen-bond acceptors (Lipinski definition) is 8. The minimum Gasteiger partial charge on any atom is -0.390 e. The summed E-state index contributed by atoms with van der Waals surface area (Å²) in [6.45, 7) is 7.43. The Morgan fingerprint density at radius 1 is 1.05 bits per heavy atom. The average molecular weight is 584 g/mol. The molecule has 2 aromatic carbocycles. The maximum Gasteiger partial charge on any atom is 0.330 e. The summed E-state index contributed by atoms with van der Waals surface area (Å²) >= 11 is 0. The van der Waals surface area contributed by atoms with Gasteiger partial charge < -0.3 is 19.7 Å². The molecule has 0 amide bonds. The maximum absolute atomic E-state index is 13.7. The van der Waals surface area contributed by atoms with Gasteiger partial charge in [-0.25, -0.2) is 4.79 Å². The lowest BCUT2D eigenvalue weighted by molar-refractivity contribution is -0.161. The van der Waals surface area contributed by atoms with Gasteiger partial charge in [0.25, 0.3) is 5.56 Å². The van der Waals surface area contributed by atoms with Crippen LogP contribution in [0.3, 0.4) is 0 Å². The number of ether oxygens (including phenoxy) is 2. The molecule has 5 atom stereocenters. The molecule has 3 aromatic rings. The highest BCUT2D eigenvalue weighted by molar-refractivity contribution is 6.86. The van der Waals surface area contributed by atoms with Crippen molar-refractivity contribution in [1.82, 2.24) is 14.6 Å². The molecule has 1 fully saturated rings. The van der Waals surface area contributed by atoms with Crippen LogP contribution in [0.1, 0.15) is 26.3 Å². The van der Waals surface area contributed by atoms with Gasteiger partial charge in [-0.3, -0.25) is 19.2 Å². The third-order valence-corrected chi connectivity index (χ3v) is 11.2. The molecule has 4 rings (SSSR count). The zero-order valence-electron chi connectivity index (χ0n) is 24.5. The number of aryl methyl sites for hydroxylation is 1. The van der Waals surface area contributed by atoms with Gasteiger partial charge in [-0.1, -0.05) is 91.8 Å². The number of aliphatic hydroxyl groups excluding tert-OH is 2. The number of aromatic amines is 1. The Hall–Kier alpha value is -2.90. The lowest BCUT2D eigenvalue weighted by atomic mass is 9.84. The van der Waals surface area contributed by atoms with Crippen molar-refractivity contribution in [3.63, 3.8) is 0 Å². The van der Waals surface area contributed by atoms with E-state index in [0.29, 0.717) is 5.56 Å². The van der Waals surface area contributed by atoms with E-state index in [1.807, 2.05) is 81.4 Å². The fourth-order valence-electron chi connectivity index (χ4n) is 5.48. The molecule has 1 aliphatic heterocycles. The van der Waals surface area contributed by atoms with E-state index in [0.717, 1.165) is 10.4 Å². The fraction of sp³-hybridized carbons (Fsp3) is 0.467. The molecule has 0 bridgehead atoms. The molecular weight excluding hydrogens is 542 g/mol. The van der Waals surface area contributed by atoms with Crippen LogP contribution in [0.2, 0.25) is 0 Å². The second kappa shape index (κ2) is 12.5. The van der Waals surface area contributed by atoms with Gasteiger partial charge in [0.1, 0.15) is 18.3 Å². The Morgan fingerprint density at radius 3 is 2.12 bits per heavy atom. The largest absolute Gasteiger partial charge is 0.390 e. The Kier molecular flexibility index (Phi) is 9.49.